The highest BCUT2D eigenvalue weighted by Crippen LogP contribution is 2.21. The first-order valence-corrected chi connectivity index (χ1v) is 6.59. The van der Waals surface area contributed by atoms with Gasteiger partial charge in [0.05, 0.1) is 11.9 Å². The Balaban J connectivity index is 2.09. The van der Waals surface area contributed by atoms with Crippen LogP contribution in [0.25, 0.3) is 11.3 Å². The zero-order valence-electron chi connectivity index (χ0n) is 11.8. The summed E-state index contributed by atoms with van der Waals surface area (Å²) in [5.41, 5.74) is 8.06. The predicted molar refractivity (Wildman–Crippen MR) is 78.8 cm³/mol. The molecule has 0 saturated heterocycles. The Hall–Kier alpha value is -2.14. The van der Waals surface area contributed by atoms with Crippen LogP contribution in [0, 0.1) is 0 Å². The highest BCUT2D eigenvalue weighted by Gasteiger charge is 2.20. The quantitative estimate of drug-likeness (QED) is 0.750. The molecule has 5 nitrogen and oxygen atoms in total. The molecule has 1 aromatic carbocycles. The number of carbonyl (C=O) groups excluding carboxylic acids is 1. The number of nitrogens with one attached hydrogen (secondary N) is 2. The Morgan fingerprint density at radius 1 is 1.35 bits per heavy atom. The number of H-pyrrole nitrogens is 1. The predicted octanol–water partition coefficient (Wildman–Crippen LogP) is 1.82. The Morgan fingerprint density at radius 3 is 2.70 bits per heavy atom. The molecule has 0 spiro atoms. The van der Waals surface area contributed by atoms with E-state index in [-0.39, 0.29) is 11.4 Å². The molecule has 0 fully saturated rings. The summed E-state index contributed by atoms with van der Waals surface area (Å²) in [4.78, 5) is 11.0. The third kappa shape index (κ3) is 3.68. The minimum absolute atomic E-state index is 0.297. The molecule has 0 atom stereocenters. The fourth-order valence-electron chi connectivity index (χ4n) is 2.13. The molecule has 2 aromatic rings. The first kappa shape index (κ1) is 14.3. The molecule has 5 heteroatoms. The lowest BCUT2D eigenvalue weighted by molar-refractivity contribution is -0.119. The standard InChI is InChI=1S/C15H20N4O/c1-15(2,8-13(16)20)17-9-12-10-18-19-14(12)11-6-4-3-5-7-11/h3-7,10,17H,8-9H2,1-2H3,(H2,16,20)(H,18,19). The van der Waals surface area contributed by atoms with E-state index in [1.54, 1.807) is 6.20 Å². The summed E-state index contributed by atoms with van der Waals surface area (Å²) in [7, 11) is 0. The molecule has 0 saturated carbocycles. The van der Waals surface area contributed by atoms with Crippen molar-refractivity contribution < 1.29 is 4.79 Å². The average molecular weight is 272 g/mol. The topological polar surface area (TPSA) is 83.8 Å². The van der Waals surface area contributed by atoms with Crippen molar-refractivity contribution in [1.82, 2.24) is 15.5 Å². The summed E-state index contributed by atoms with van der Waals surface area (Å²) in [6.45, 7) is 4.54. The van der Waals surface area contributed by atoms with Crippen LogP contribution in [0.1, 0.15) is 25.8 Å². The van der Waals surface area contributed by atoms with Crippen LogP contribution in [0.15, 0.2) is 36.5 Å². The Morgan fingerprint density at radius 2 is 2.05 bits per heavy atom. The molecule has 0 aliphatic carbocycles. The summed E-state index contributed by atoms with van der Waals surface area (Å²) in [6, 6.07) is 10.0. The summed E-state index contributed by atoms with van der Waals surface area (Å²) in [5, 5.41) is 10.5. The van der Waals surface area contributed by atoms with Crippen LogP contribution >= 0.6 is 0 Å². The zero-order chi connectivity index (χ0) is 14.6. The number of amides is 1. The largest absolute Gasteiger partial charge is 0.370 e. The molecule has 1 amide bonds. The van der Waals surface area contributed by atoms with E-state index in [2.05, 4.69) is 15.5 Å². The summed E-state index contributed by atoms with van der Waals surface area (Å²) >= 11 is 0. The van der Waals surface area contributed by atoms with E-state index in [1.807, 2.05) is 44.2 Å². The first-order valence-electron chi connectivity index (χ1n) is 6.59. The van der Waals surface area contributed by atoms with Gasteiger partial charge < -0.3 is 11.1 Å². The third-order valence-electron chi connectivity index (χ3n) is 3.15. The van der Waals surface area contributed by atoms with Crippen LogP contribution in [0.3, 0.4) is 0 Å². The van der Waals surface area contributed by atoms with Gasteiger partial charge in [-0.25, -0.2) is 0 Å². The molecule has 1 aromatic heterocycles. The molecular weight excluding hydrogens is 252 g/mol. The second-order valence-corrected chi connectivity index (χ2v) is 5.52. The molecule has 20 heavy (non-hydrogen) atoms. The molecule has 2 rings (SSSR count). The van der Waals surface area contributed by atoms with E-state index in [4.69, 9.17) is 5.73 Å². The van der Waals surface area contributed by atoms with Gasteiger partial charge in [0, 0.05) is 24.1 Å². The van der Waals surface area contributed by atoms with Crippen LogP contribution in [0.2, 0.25) is 0 Å². The molecule has 0 aliphatic rings. The maximum absolute atomic E-state index is 11.0. The normalized spacial score (nSPS) is 11.5. The van der Waals surface area contributed by atoms with Gasteiger partial charge in [0.2, 0.25) is 5.91 Å². The Labute approximate surface area is 118 Å². The second-order valence-electron chi connectivity index (χ2n) is 5.52. The SMILES string of the molecule is CC(C)(CC(N)=O)NCc1cn[nH]c1-c1ccccc1. The number of benzene rings is 1. The number of aromatic nitrogens is 2. The van der Waals surface area contributed by atoms with Crippen molar-refractivity contribution in [2.45, 2.75) is 32.4 Å². The van der Waals surface area contributed by atoms with Gasteiger partial charge in [0.1, 0.15) is 0 Å². The van der Waals surface area contributed by atoms with Gasteiger partial charge in [0.25, 0.3) is 0 Å². The van der Waals surface area contributed by atoms with E-state index in [9.17, 15) is 4.79 Å². The number of nitrogens with zero attached hydrogens (tertiary/aromatic N) is 1. The summed E-state index contributed by atoms with van der Waals surface area (Å²) < 4.78 is 0. The van der Waals surface area contributed by atoms with Crippen molar-refractivity contribution in [2.75, 3.05) is 0 Å². The number of primary amides is 1. The average Bonchev–Trinajstić information content (AvgIpc) is 2.84. The molecule has 4 N–H and O–H groups in total. The lowest BCUT2D eigenvalue weighted by atomic mass is 9.99. The number of rotatable bonds is 6. The van der Waals surface area contributed by atoms with Crippen LogP contribution in [0.4, 0.5) is 0 Å². The number of hydrogen-bond donors (Lipinski definition) is 3. The minimum Gasteiger partial charge on any atom is -0.370 e. The molecule has 106 valence electrons. The fourth-order valence-corrected chi connectivity index (χ4v) is 2.13. The highest BCUT2D eigenvalue weighted by atomic mass is 16.1. The third-order valence-corrected chi connectivity index (χ3v) is 3.15. The van der Waals surface area contributed by atoms with Gasteiger partial charge in [-0.05, 0) is 19.4 Å². The van der Waals surface area contributed by atoms with E-state index in [0.717, 1.165) is 16.8 Å². The Bertz CT molecular complexity index is 575. The van der Waals surface area contributed by atoms with E-state index in [0.29, 0.717) is 13.0 Å². The number of nitrogens with two attached hydrogens (primary N) is 1. The lowest BCUT2D eigenvalue weighted by Gasteiger charge is -2.24. The molecule has 0 aliphatic heterocycles. The Kier molecular flexibility index (Phi) is 4.20. The van der Waals surface area contributed by atoms with Gasteiger partial charge in [-0.2, -0.15) is 5.10 Å². The maximum Gasteiger partial charge on any atom is 0.219 e. The second kappa shape index (κ2) is 5.88. The monoisotopic (exact) mass is 272 g/mol. The van der Waals surface area contributed by atoms with Crippen molar-refractivity contribution >= 4 is 5.91 Å². The van der Waals surface area contributed by atoms with Gasteiger partial charge in [0.15, 0.2) is 0 Å². The van der Waals surface area contributed by atoms with Crippen molar-refractivity contribution in [3.8, 4) is 11.3 Å². The smallest absolute Gasteiger partial charge is 0.219 e. The van der Waals surface area contributed by atoms with E-state index < -0.39 is 0 Å². The van der Waals surface area contributed by atoms with E-state index >= 15 is 0 Å². The van der Waals surface area contributed by atoms with Gasteiger partial charge >= 0.3 is 0 Å². The maximum atomic E-state index is 11.0. The zero-order valence-corrected chi connectivity index (χ0v) is 11.8. The molecular formula is C15H20N4O. The van der Waals surface area contributed by atoms with Crippen LogP contribution in [-0.4, -0.2) is 21.6 Å². The first-order chi connectivity index (χ1) is 9.48. The number of carbonyl (C=O) groups is 1. The van der Waals surface area contributed by atoms with Crippen LogP contribution in [0.5, 0.6) is 0 Å². The number of hydrogen-bond acceptors (Lipinski definition) is 3. The van der Waals surface area contributed by atoms with Crippen molar-refractivity contribution in [2.24, 2.45) is 5.73 Å². The van der Waals surface area contributed by atoms with Gasteiger partial charge in [-0.15, -0.1) is 0 Å². The minimum atomic E-state index is -0.336. The molecule has 0 radical (unpaired) electrons. The fraction of sp³-hybridized carbons (Fsp3) is 0.333. The molecule has 0 unspecified atom stereocenters. The molecule has 0 bridgehead atoms. The van der Waals surface area contributed by atoms with E-state index in [1.165, 1.54) is 0 Å². The summed E-state index contributed by atoms with van der Waals surface area (Å²) in [6.07, 6.45) is 2.10. The summed E-state index contributed by atoms with van der Waals surface area (Å²) in [5.74, 6) is -0.307. The lowest BCUT2D eigenvalue weighted by Crippen LogP contribution is -2.42. The van der Waals surface area contributed by atoms with Crippen LogP contribution < -0.4 is 11.1 Å². The highest BCUT2D eigenvalue weighted by molar-refractivity contribution is 5.75. The van der Waals surface area contributed by atoms with Crippen molar-refractivity contribution in [3.63, 3.8) is 0 Å². The van der Waals surface area contributed by atoms with Gasteiger partial charge in [-0.3, -0.25) is 9.89 Å². The van der Waals surface area contributed by atoms with Crippen molar-refractivity contribution in [3.05, 3.63) is 42.1 Å². The molecule has 1 heterocycles. The van der Waals surface area contributed by atoms with Crippen molar-refractivity contribution in [1.29, 1.82) is 0 Å². The number of aromatic amines is 1. The van der Waals surface area contributed by atoms with Crippen LogP contribution in [-0.2, 0) is 11.3 Å². The van der Waals surface area contributed by atoms with Gasteiger partial charge in [-0.1, -0.05) is 30.3 Å².